The molecule has 1 aliphatic carbocycles. The summed E-state index contributed by atoms with van der Waals surface area (Å²) in [6.45, 7) is 1.93. The van der Waals surface area contributed by atoms with Gasteiger partial charge in [0.25, 0.3) is 5.91 Å². The monoisotopic (exact) mass is 578 g/mol. The molecule has 4 rings (SSSR count). The highest BCUT2D eigenvalue weighted by molar-refractivity contribution is 7.13. The molecule has 2 aromatic heterocycles. The van der Waals surface area contributed by atoms with Gasteiger partial charge in [-0.05, 0) is 42.7 Å². The zero-order valence-electron chi connectivity index (χ0n) is 21.3. The molecule has 12 heteroatoms. The van der Waals surface area contributed by atoms with E-state index < -0.39 is 22.7 Å². The predicted molar refractivity (Wildman–Crippen MR) is 144 cm³/mol. The first-order valence-electron chi connectivity index (χ1n) is 11.9. The summed E-state index contributed by atoms with van der Waals surface area (Å²) >= 11 is 6.75. The summed E-state index contributed by atoms with van der Waals surface area (Å²) in [5.41, 5.74) is 0.993. The first-order chi connectivity index (χ1) is 18.6. The second-order valence-electron chi connectivity index (χ2n) is 8.73. The number of alkyl halides is 3. The number of nitrogens with one attached hydrogen (secondary N) is 2. The number of aromatic nitrogens is 2. The van der Waals surface area contributed by atoms with E-state index in [2.05, 4.69) is 26.7 Å². The van der Waals surface area contributed by atoms with E-state index in [1.165, 1.54) is 6.20 Å². The van der Waals surface area contributed by atoms with Gasteiger partial charge in [0.15, 0.2) is 0 Å². The molecular weight excluding hydrogens is 553 g/mol. The minimum absolute atomic E-state index is 0.0186. The number of carbonyl (C=O) groups excluding carboxylic acids is 1. The van der Waals surface area contributed by atoms with Crippen molar-refractivity contribution in [1.82, 2.24) is 15.3 Å². The summed E-state index contributed by atoms with van der Waals surface area (Å²) in [7, 11) is 3.28. The number of amides is 1. The molecule has 0 radical (unpaired) electrons. The molecule has 7 nitrogen and oxygen atoms in total. The van der Waals surface area contributed by atoms with Gasteiger partial charge in [0.1, 0.15) is 21.5 Å². The fraction of sp³-hybridized carbons (Fsp3) is 0.296. The number of benzene rings is 1. The van der Waals surface area contributed by atoms with Gasteiger partial charge >= 0.3 is 6.18 Å². The Hall–Kier alpha value is -3.25. The Morgan fingerprint density at radius 1 is 1.18 bits per heavy atom. The van der Waals surface area contributed by atoms with Crippen molar-refractivity contribution in [3.63, 3.8) is 0 Å². The molecule has 0 fully saturated rings. The third-order valence-electron chi connectivity index (χ3n) is 6.11. The van der Waals surface area contributed by atoms with E-state index in [-0.39, 0.29) is 28.9 Å². The Morgan fingerprint density at radius 3 is 2.54 bits per heavy atom. The second kappa shape index (κ2) is 12.3. The molecule has 206 valence electrons. The lowest BCUT2D eigenvalue weighted by molar-refractivity contribution is -0.137. The molecule has 0 saturated heterocycles. The summed E-state index contributed by atoms with van der Waals surface area (Å²) in [5, 5.41) is 6.06. The van der Waals surface area contributed by atoms with E-state index in [4.69, 9.17) is 21.1 Å². The summed E-state index contributed by atoms with van der Waals surface area (Å²) in [6.07, 6.45) is 4.49. The third kappa shape index (κ3) is 7.04. The second-order valence-corrected chi connectivity index (χ2v) is 10.2. The average molecular weight is 579 g/mol. The molecular formula is C27H26ClF3N4O3S. The van der Waals surface area contributed by atoms with Crippen LogP contribution in [0.5, 0.6) is 5.75 Å². The molecule has 0 bridgehead atoms. The molecule has 0 spiro atoms. The van der Waals surface area contributed by atoms with E-state index in [1.807, 2.05) is 43.3 Å². The van der Waals surface area contributed by atoms with Crippen LogP contribution in [0.15, 0.2) is 66.5 Å². The van der Waals surface area contributed by atoms with Gasteiger partial charge in [0, 0.05) is 13.3 Å². The van der Waals surface area contributed by atoms with Gasteiger partial charge in [-0.1, -0.05) is 42.0 Å². The molecule has 1 amide bonds. The van der Waals surface area contributed by atoms with Crippen molar-refractivity contribution >= 4 is 34.7 Å². The number of hydrogen-bond acceptors (Lipinski definition) is 7. The summed E-state index contributed by atoms with van der Waals surface area (Å²) in [4.78, 5) is 21.2. The number of ether oxygens (including phenoxy) is 2. The lowest BCUT2D eigenvalue weighted by Gasteiger charge is -2.26. The fourth-order valence-corrected chi connectivity index (χ4v) is 5.04. The van der Waals surface area contributed by atoms with Gasteiger partial charge in [-0.15, -0.1) is 11.3 Å². The topological polar surface area (TPSA) is 85.4 Å². The Labute approximate surface area is 232 Å². The maximum atomic E-state index is 13.2. The summed E-state index contributed by atoms with van der Waals surface area (Å²) in [5.74, 6) is -0.141. The van der Waals surface area contributed by atoms with Crippen molar-refractivity contribution in [2.24, 2.45) is 0 Å². The van der Waals surface area contributed by atoms with Crippen LogP contribution in [0.1, 0.15) is 51.2 Å². The highest BCUT2D eigenvalue weighted by Gasteiger charge is 2.34. The zero-order chi connectivity index (χ0) is 28.2. The molecule has 2 N–H and O–H groups in total. The van der Waals surface area contributed by atoms with Crippen LogP contribution in [0.3, 0.4) is 0 Å². The third-order valence-corrected chi connectivity index (χ3v) is 7.59. The number of nitrogens with zero attached hydrogens (tertiary/aromatic N) is 2. The molecule has 2 heterocycles. The fourth-order valence-electron chi connectivity index (χ4n) is 4.00. The zero-order valence-corrected chi connectivity index (χ0v) is 22.8. The average Bonchev–Trinajstić information content (AvgIpc) is 3.43. The van der Waals surface area contributed by atoms with Gasteiger partial charge in [0.05, 0.1) is 42.1 Å². The normalized spacial score (nSPS) is 16.9. The Morgan fingerprint density at radius 2 is 1.92 bits per heavy atom. The molecule has 39 heavy (non-hydrogen) atoms. The largest absolute Gasteiger partial charge is 0.497 e. The molecule has 3 aromatic rings. The molecule has 2 unspecified atom stereocenters. The number of thiazole rings is 1. The predicted octanol–water partition coefficient (Wildman–Crippen LogP) is 6.76. The van der Waals surface area contributed by atoms with Crippen molar-refractivity contribution in [3.05, 3.63) is 92.6 Å². The number of halogens is 4. The maximum Gasteiger partial charge on any atom is 0.418 e. The molecule has 0 saturated carbocycles. The lowest BCUT2D eigenvalue weighted by Crippen LogP contribution is -2.27. The Balaban J connectivity index is 1.51. The highest BCUT2D eigenvalue weighted by Crippen LogP contribution is 2.36. The number of carbonyl (C=O) groups is 1. The summed E-state index contributed by atoms with van der Waals surface area (Å²) < 4.78 is 50.2. The number of anilines is 1. The van der Waals surface area contributed by atoms with Crippen LogP contribution >= 0.6 is 22.9 Å². The molecule has 1 aliphatic rings. The molecule has 1 aromatic carbocycles. The van der Waals surface area contributed by atoms with Gasteiger partial charge in [0.2, 0.25) is 0 Å². The smallest absolute Gasteiger partial charge is 0.418 e. The van der Waals surface area contributed by atoms with Gasteiger partial charge < -0.3 is 14.8 Å². The standard InChI is InChI=1S/C27H26ClF3N4O3S/c1-15(34-24(16-4-8-18(37-2)9-5-16)17-6-10-19(38-3)11-7-17)26-33-14-22(39-26)25(36)35-23-12-20(27(29,30)31)21(28)13-32-23/h4-10,12-15,19,24,34H,11H2,1-3H3,(H,32,35,36)/t15-,19?,24?/m1/s1. The van der Waals surface area contributed by atoms with Crippen LogP contribution in [-0.4, -0.2) is 36.2 Å². The van der Waals surface area contributed by atoms with Crippen LogP contribution in [0.2, 0.25) is 5.02 Å². The van der Waals surface area contributed by atoms with Crippen molar-refractivity contribution in [3.8, 4) is 5.75 Å². The number of methoxy groups -OCH3 is 2. The van der Waals surface area contributed by atoms with E-state index in [1.54, 1.807) is 14.2 Å². The SMILES string of the molecule is COc1ccc(C(N[C@H](C)c2ncc(C(=O)Nc3cc(C(F)(F)F)c(Cl)cn3)s2)C2=CCC(OC)C=C2)cc1. The minimum atomic E-state index is -4.67. The number of hydrogen-bond donors (Lipinski definition) is 2. The Bertz CT molecular complexity index is 1380. The van der Waals surface area contributed by atoms with Crippen LogP contribution in [0, 0.1) is 0 Å². The van der Waals surface area contributed by atoms with E-state index >= 15 is 0 Å². The van der Waals surface area contributed by atoms with Crippen molar-refractivity contribution in [1.29, 1.82) is 0 Å². The molecule has 0 aliphatic heterocycles. The number of rotatable bonds is 9. The minimum Gasteiger partial charge on any atom is -0.497 e. The lowest BCUT2D eigenvalue weighted by atomic mass is 9.93. The first-order valence-corrected chi connectivity index (χ1v) is 13.1. The van der Waals surface area contributed by atoms with Crippen molar-refractivity contribution < 1.29 is 27.4 Å². The van der Waals surface area contributed by atoms with Crippen molar-refractivity contribution in [2.45, 2.75) is 37.7 Å². The Kier molecular flexibility index (Phi) is 9.06. The van der Waals surface area contributed by atoms with Crippen LogP contribution in [-0.2, 0) is 10.9 Å². The summed E-state index contributed by atoms with van der Waals surface area (Å²) in [6, 6.07) is 8.00. The van der Waals surface area contributed by atoms with Crippen LogP contribution in [0.4, 0.5) is 19.0 Å². The number of pyridine rings is 1. The van der Waals surface area contributed by atoms with Crippen molar-refractivity contribution in [2.75, 3.05) is 19.5 Å². The van der Waals surface area contributed by atoms with Gasteiger partial charge in [-0.3, -0.25) is 10.1 Å². The van der Waals surface area contributed by atoms with E-state index in [9.17, 15) is 18.0 Å². The van der Waals surface area contributed by atoms with Gasteiger partial charge in [-0.2, -0.15) is 13.2 Å². The molecule has 3 atom stereocenters. The van der Waals surface area contributed by atoms with Gasteiger partial charge in [-0.25, -0.2) is 9.97 Å². The first kappa shape index (κ1) is 28.8. The van der Waals surface area contributed by atoms with E-state index in [0.717, 1.165) is 40.8 Å². The van der Waals surface area contributed by atoms with Crippen LogP contribution in [0.25, 0.3) is 0 Å². The van der Waals surface area contributed by atoms with E-state index in [0.29, 0.717) is 11.1 Å². The maximum absolute atomic E-state index is 13.2. The van der Waals surface area contributed by atoms with Crippen LogP contribution < -0.4 is 15.4 Å². The highest BCUT2D eigenvalue weighted by atomic mass is 35.5. The quantitative estimate of drug-likeness (QED) is 0.292.